The monoisotopic (exact) mass is 448 g/mol. The lowest BCUT2D eigenvalue weighted by Crippen LogP contribution is -2.09. The zero-order chi connectivity index (χ0) is 23.5. The van der Waals surface area contributed by atoms with Crippen molar-refractivity contribution in [2.75, 3.05) is 6.61 Å². The summed E-state index contributed by atoms with van der Waals surface area (Å²) in [5.74, 6) is 1.94. The summed E-state index contributed by atoms with van der Waals surface area (Å²) in [4.78, 5) is 12.8. The van der Waals surface area contributed by atoms with Gasteiger partial charge in [-0.2, -0.15) is 0 Å². The van der Waals surface area contributed by atoms with Crippen molar-refractivity contribution in [3.63, 3.8) is 0 Å². The van der Waals surface area contributed by atoms with Crippen molar-refractivity contribution in [1.82, 2.24) is 0 Å². The summed E-state index contributed by atoms with van der Waals surface area (Å²) >= 11 is 0. The van der Waals surface area contributed by atoms with E-state index in [-0.39, 0.29) is 6.61 Å². The Kier molecular flexibility index (Phi) is 5.88. The molecule has 4 nitrogen and oxygen atoms in total. The van der Waals surface area contributed by atoms with Crippen molar-refractivity contribution in [3.05, 3.63) is 108 Å². The number of ether oxygens (including phenoxy) is 3. The first kappa shape index (κ1) is 21.5. The van der Waals surface area contributed by atoms with Gasteiger partial charge in [-0.15, -0.1) is 0 Å². The average molecular weight is 449 g/mol. The molecule has 0 bridgehead atoms. The van der Waals surface area contributed by atoms with E-state index < -0.39 is 5.97 Å². The van der Waals surface area contributed by atoms with Crippen LogP contribution in [0, 0.1) is 6.92 Å². The number of esters is 1. The van der Waals surface area contributed by atoms with Crippen LogP contribution in [0.1, 0.15) is 22.8 Å². The van der Waals surface area contributed by atoms with Crippen LogP contribution in [0.3, 0.4) is 0 Å². The van der Waals surface area contributed by atoms with Crippen LogP contribution in [0.25, 0.3) is 21.5 Å². The van der Waals surface area contributed by atoms with E-state index in [2.05, 4.69) is 0 Å². The third kappa shape index (κ3) is 4.18. The molecule has 0 saturated carbocycles. The molecule has 0 radical (unpaired) electrons. The van der Waals surface area contributed by atoms with E-state index in [0.29, 0.717) is 28.4 Å². The Hall–Kier alpha value is -4.31. The van der Waals surface area contributed by atoms with Gasteiger partial charge in [0, 0.05) is 16.8 Å². The molecule has 0 amide bonds. The molecule has 0 heterocycles. The van der Waals surface area contributed by atoms with Crippen molar-refractivity contribution in [1.29, 1.82) is 0 Å². The van der Waals surface area contributed by atoms with Crippen LogP contribution in [0.5, 0.6) is 23.0 Å². The molecular formula is C30H24O4. The zero-order valence-electron chi connectivity index (χ0n) is 19.1. The average Bonchev–Trinajstić information content (AvgIpc) is 2.84. The van der Waals surface area contributed by atoms with Gasteiger partial charge in [-0.1, -0.05) is 72.8 Å². The minimum absolute atomic E-state index is 0.278. The van der Waals surface area contributed by atoms with Crippen molar-refractivity contribution in [3.8, 4) is 23.0 Å². The molecule has 0 aromatic heterocycles. The fraction of sp³-hybridized carbons (Fsp3) is 0.100. The number of rotatable bonds is 6. The summed E-state index contributed by atoms with van der Waals surface area (Å²) in [6.07, 6.45) is 0. The van der Waals surface area contributed by atoms with Crippen molar-refractivity contribution in [2.24, 2.45) is 0 Å². The summed E-state index contributed by atoms with van der Waals surface area (Å²) in [6, 6.07) is 31.4. The fourth-order valence-electron chi connectivity index (χ4n) is 4.14. The molecule has 5 aromatic rings. The van der Waals surface area contributed by atoms with E-state index in [0.717, 1.165) is 27.3 Å². The lowest BCUT2D eigenvalue weighted by Gasteiger charge is -2.17. The zero-order valence-corrected chi connectivity index (χ0v) is 19.1. The van der Waals surface area contributed by atoms with Gasteiger partial charge < -0.3 is 14.2 Å². The highest BCUT2D eigenvalue weighted by Gasteiger charge is 2.21. The van der Waals surface area contributed by atoms with E-state index in [1.807, 2.05) is 97.9 Å². The lowest BCUT2D eigenvalue weighted by atomic mass is 10.1. The predicted octanol–water partition coefficient (Wildman–Crippen LogP) is 8.06. The predicted molar refractivity (Wildman–Crippen MR) is 135 cm³/mol. The van der Waals surface area contributed by atoms with Gasteiger partial charge in [-0.3, -0.25) is 0 Å². The number of carbonyl (C=O) groups is 1. The Bertz CT molecular complexity index is 1490. The SMILES string of the molecule is CCOC(=O)c1c(C)cc(Oc2cccc3ccccc23)cc1Oc1cccc2ccccc12. The highest BCUT2D eigenvalue weighted by atomic mass is 16.5. The second-order valence-electron chi connectivity index (χ2n) is 7.99. The van der Waals surface area contributed by atoms with Crippen molar-refractivity contribution < 1.29 is 19.0 Å². The number of benzene rings is 5. The van der Waals surface area contributed by atoms with E-state index in [1.54, 1.807) is 13.0 Å². The van der Waals surface area contributed by atoms with Crippen LogP contribution in [0.2, 0.25) is 0 Å². The molecule has 0 fully saturated rings. The molecule has 34 heavy (non-hydrogen) atoms. The Balaban J connectivity index is 1.60. The summed E-state index contributed by atoms with van der Waals surface area (Å²) in [7, 11) is 0. The molecule has 0 unspecified atom stereocenters. The molecule has 0 atom stereocenters. The lowest BCUT2D eigenvalue weighted by molar-refractivity contribution is 0.0522. The van der Waals surface area contributed by atoms with Gasteiger partial charge in [-0.25, -0.2) is 4.79 Å². The first-order valence-corrected chi connectivity index (χ1v) is 11.3. The highest BCUT2D eigenvalue weighted by Crippen LogP contribution is 2.38. The maximum atomic E-state index is 12.8. The van der Waals surface area contributed by atoms with Gasteiger partial charge in [0.25, 0.3) is 0 Å². The van der Waals surface area contributed by atoms with Crippen LogP contribution < -0.4 is 9.47 Å². The molecule has 4 heteroatoms. The van der Waals surface area contributed by atoms with E-state index in [1.165, 1.54) is 0 Å². The molecule has 0 aliphatic heterocycles. The highest BCUT2D eigenvalue weighted by molar-refractivity contribution is 5.95. The summed E-state index contributed by atoms with van der Waals surface area (Å²) in [5.41, 5.74) is 1.10. The standard InChI is InChI=1S/C30H24O4/c1-3-32-30(31)29-20(2)18-23(33-26-16-8-12-21-10-4-6-14-24(21)26)19-28(29)34-27-17-9-13-22-11-5-7-15-25(22)27/h4-19H,3H2,1-2H3. The third-order valence-electron chi connectivity index (χ3n) is 5.70. The van der Waals surface area contributed by atoms with Gasteiger partial charge in [0.2, 0.25) is 0 Å². The molecular weight excluding hydrogens is 424 g/mol. The van der Waals surface area contributed by atoms with Crippen molar-refractivity contribution >= 4 is 27.5 Å². The van der Waals surface area contributed by atoms with Crippen LogP contribution in [0.15, 0.2) is 97.1 Å². The number of aryl methyl sites for hydroxylation is 1. The second-order valence-corrected chi connectivity index (χ2v) is 7.99. The van der Waals surface area contributed by atoms with E-state index in [4.69, 9.17) is 14.2 Å². The summed E-state index contributed by atoms with van der Waals surface area (Å²) in [6.45, 7) is 3.93. The summed E-state index contributed by atoms with van der Waals surface area (Å²) in [5, 5.41) is 4.11. The van der Waals surface area contributed by atoms with Gasteiger partial charge in [-0.05, 0) is 48.4 Å². The first-order chi connectivity index (χ1) is 16.6. The molecule has 5 rings (SSSR count). The number of hydrogen-bond donors (Lipinski definition) is 0. The van der Waals surface area contributed by atoms with Crippen molar-refractivity contribution in [2.45, 2.75) is 13.8 Å². The molecule has 0 saturated heterocycles. The molecule has 0 spiro atoms. The second kappa shape index (κ2) is 9.28. The minimum atomic E-state index is -0.424. The Morgan fingerprint density at radius 3 is 1.85 bits per heavy atom. The molecule has 0 N–H and O–H groups in total. The molecule has 0 aliphatic rings. The fourth-order valence-corrected chi connectivity index (χ4v) is 4.14. The Morgan fingerprint density at radius 1 is 0.676 bits per heavy atom. The maximum absolute atomic E-state index is 12.8. The Morgan fingerprint density at radius 2 is 1.24 bits per heavy atom. The van der Waals surface area contributed by atoms with Gasteiger partial charge in [0.15, 0.2) is 0 Å². The van der Waals surface area contributed by atoms with Crippen LogP contribution in [-0.4, -0.2) is 12.6 Å². The number of fused-ring (bicyclic) bond motifs is 2. The van der Waals surface area contributed by atoms with Crippen LogP contribution >= 0.6 is 0 Å². The largest absolute Gasteiger partial charge is 0.462 e. The third-order valence-corrected chi connectivity index (χ3v) is 5.70. The van der Waals surface area contributed by atoms with Gasteiger partial charge in [0.1, 0.15) is 28.6 Å². The van der Waals surface area contributed by atoms with Gasteiger partial charge in [0.05, 0.1) is 6.61 Å². The number of hydrogen-bond acceptors (Lipinski definition) is 4. The first-order valence-electron chi connectivity index (χ1n) is 11.3. The molecule has 5 aromatic carbocycles. The van der Waals surface area contributed by atoms with E-state index >= 15 is 0 Å². The van der Waals surface area contributed by atoms with Crippen LogP contribution in [-0.2, 0) is 4.74 Å². The topological polar surface area (TPSA) is 44.8 Å². The number of carbonyl (C=O) groups excluding carboxylic acids is 1. The van der Waals surface area contributed by atoms with Gasteiger partial charge >= 0.3 is 5.97 Å². The minimum Gasteiger partial charge on any atom is -0.462 e. The Labute approximate surface area is 198 Å². The maximum Gasteiger partial charge on any atom is 0.342 e. The van der Waals surface area contributed by atoms with E-state index in [9.17, 15) is 4.79 Å². The normalized spacial score (nSPS) is 10.9. The molecule has 0 aliphatic carbocycles. The van der Waals surface area contributed by atoms with Crippen LogP contribution in [0.4, 0.5) is 0 Å². The summed E-state index contributed by atoms with van der Waals surface area (Å²) < 4.78 is 18.0. The smallest absolute Gasteiger partial charge is 0.342 e. The molecule has 168 valence electrons. The quantitative estimate of drug-likeness (QED) is 0.246.